The van der Waals surface area contributed by atoms with Gasteiger partial charge < -0.3 is 10.1 Å². The topological polar surface area (TPSA) is 21.3 Å². The molecule has 0 bridgehead atoms. The molecule has 16 heavy (non-hydrogen) atoms. The highest BCUT2D eigenvalue weighted by molar-refractivity contribution is 5.42. The Hall–Kier alpha value is -1.02. The molecule has 0 saturated carbocycles. The van der Waals surface area contributed by atoms with Crippen LogP contribution in [0.4, 0.5) is 0 Å². The number of rotatable bonds is 0. The Balaban J connectivity index is 2.08. The molecule has 3 rings (SSSR count). The SMILES string of the molecule is CC1COc2ccccc2C12CCNCC2. The van der Waals surface area contributed by atoms with Crippen LogP contribution in [0.2, 0.25) is 0 Å². The smallest absolute Gasteiger partial charge is 0.123 e. The maximum Gasteiger partial charge on any atom is 0.123 e. The van der Waals surface area contributed by atoms with E-state index in [9.17, 15) is 0 Å². The van der Waals surface area contributed by atoms with Crippen molar-refractivity contribution in [2.75, 3.05) is 19.7 Å². The lowest BCUT2D eigenvalue weighted by molar-refractivity contribution is 0.112. The van der Waals surface area contributed by atoms with E-state index in [0.717, 1.165) is 25.4 Å². The molecule has 2 heterocycles. The second-order valence-corrected chi connectivity index (χ2v) is 5.11. The Labute approximate surface area is 97.0 Å². The molecule has 0 aliphatic carbocycles. The van der Waals surface area contributed by atoms with E-state index in [1.165, 1.54) is 18.4 Å². The summed E-state index contributed by atoms with van der Waals surface area (Å²) in [6.45, 7) is 5.48. The summed E-state index contributed by atoms with van der Waals surface area (Å²) in [5, 5.41) is 3.47. The highest BCUT2D eigenvalue weighted by atomic mass is 16.5. The molecule has 1 saturated heterocycles. The minimum absolute atomic E-state index is 0.361. The number of benzene rings is 1. The summed E-state index contributed by atoms with van der Waals surface area (Å²) in [7, 11) is 0. The Morgan fingerprint density at radius 2 is 2.00 bits per heavy atom. The van der Waals surface area contributed by atoms with Gasteiger partial charge >= 0.3 is 0 Å². The van der Waals surface area contributed by atoms with E-state index in [1.54, 1.807) is 0 Å². The summed E-state index contributed by atoms with van der Waals surface area (Å²) in [4.78, 5) is 0. The van der Waals surface area contributed by atoms with Crippen LogP contribution in [0.5, 0.6) is 5.75 Å². The molecule has 1 aromatic carbocycles. The maximum atomic E-state index is 5.84. The molecule has 0 radical (unpaired) electrons. The minimum Gasteiger partial charge on any atom is -0.493 e. The summed E-state index contributed by atoms with van der Waals surface area (Å²) >= 11 is 0. The summed E-state index contributed by atoms with van der Waals surface area (Å²) in [5.74, 6) is 1.74. The minimum atomic E-state index is 0.361. The van der Waals surface area contributed by atoms with Gasteiger partial charge in [0.25, 0.3) is 0 Å². The first-order valence-corrected chi connectivity index (χ1v) is 6.26. The Morgan fingerprint density at radius 1 is 1.25 bits per heavy atom. The van der Waals surface area contributed by atoms with Crippen molar-refractivity contribution >= 4 is 0 Å². The molecule has 1 aromatic rings. The first kappa shape index (κ1) is 10.2. The van der Waals surface area contributed by atoms with E-state index < -0.39 is 0 Å². The predicted octanol–water partition coefficient (Wildman–Crippen LogP) is 2.34. The van der Waals surface area contributed by atoms with E-state index in [2.05, 4.69) is 36.5 Å². The zero-order chi connectivity index (χ0) is 11.0. The zero-order valence-corrected chi connectivity index (χ0v) is 9.83. The van der Waals surface area contributed by atoms with Gasteiger partial charge in [-0.1, -0.05) is 25.1 Å². The molecule has 2 heteroatoms. The van der Waals surface area contributed by atoms with E-state index in [4.69, 9.17) is 4.74 Å². The Kier molecular flexibility index (Phi) is 2.40. The number of hydrogen-bond donors (Lipinski definition) is 1. The van der Waals surface area contributed by atoms with Crippen molar-refractivity contribution in [3.8, 4) is 5.75 Å². The average Bonchev–Trinajstić information content (AvgIpc) is 2.36. The van der Waals surface area contributed by atoms with Crippen LogP contribution in [-0.4, -0.2) is 19.7 Å². The third-order valence-electron chi connectivity index (χ3n) is 4.35. The largest absolute Gasteiger partial charge is 0.493 e. The van der Waals surface area contributed by atoms with Gasteiger partial charge in [-0.2, -0.15) is 0 Å². The fraction of sp³-hybridized carbons (Fsp3) is 0.571. The molecule has 2 aliphatic heterocycles. The fourth-order valence-electron chi connectivity index (χ4n) is 3.28. The molecule has 1 spiro atoms. The molecule has 0 aromatic heterocycles. The van der Waals surface area contributed by atoms with E-state index in [-0.39, 0.29) is 0 Å². The second kappa shape index (κ2) is 3.77. The van der Waals surface area contributed by atoms with Crippen molar-refractivity contribution in [1.29, 1.82) is 0 Å². The predicted molar refractivity (Wildman–Crippen MR) is 64.9 cm³/mol. The van der Waals surface area contributed by atoms with Gasteiger partial charge in [-0.3, -0.25) is 0 Å². The second-order valence-electron chi connectivity index (χ2n) is 5.11. The van der Waals surface area contributed by atoms with Crippen molar-refractivity contribution in [2.45, 2.75) is 25.2 Å². The van der Waals surface area contributed by atoms with Gasteiger partial charge in [0.05, 0.1) is 6.61 Å². The van der Waals surface area contributed by atoms with Crippen LogP contribution >= 0.6 is 0 Å². The normalized spacial score (nSPS) is 27.2. The van der Waals surface area contributed by atoms with Crippen molar-refractivity contribution in [2.24, 2.45) is 5.92 Å². The number of nitrogens with one attached hydrogen (secondary N) is 1. The van der Waals surface area contributed by atoms with Crippen LogP contribution in [0, 0.1) is 5.92 Å². The van der Waals surface area contributed by atoms with Gasteiger partial charge in [0.1, 0.15) is 5.75 Å². The Morgan fingerprint density at radius 3 is 2.81 bits per heavy atom. The molecule has 1 fully saturated rings. The first-order chi connectivity index (χ1) is 7.83. The third kappa shape index (κ3) is 1.36. The molecular weight excluding hydrogens is 198 g/mol. The van der Waals surface area contributed by atoms with Crippen molar-refractivity contribution < 1.29 is 4.74 Å². The standard InChI is InChI=1S/C14H19NO/c1-11-10-16-13-5-3-2-4-12(13)14(11)6-8-15-9-7-14/h2-5,11,15H,6-10H2,1H3. The molecule has 2 nitrogen and oxygen atoms in total. The fourth-order valence-corrected chi connectivity index (χ4v) is 3.28. The van der Waals surface area contributed by atoms with E-state index >= 15 is 0 Å². The molecule has 2 aliphatic rings. The molecule has 0 amide bonds. The van der Waals surface area contributed by atoms with Crippen LogP contribution in [0.3, 0.4) is 0 Å². The maximum absolute atomic E-state index is 5.84. The van der Waals surface area contributed by atoms with E-state index in [1.807, 2.05) is 0 Å². The zero-order valence-electron chi connectivity index (χ0n) is 9.83. The van der Waals surface area contributed by atoms with Gasteiger partial charge in [0.15, 0.2) is 0 Å². The highest BCUT2D eigenvalue weighted by Gasteiger charge is 2.43. The van der Waals surface area contributed by atoms with Gasteiger partial charge in [-0.25, -0.2) is 0 Å². The lowest BCUT2D eigenvalue weighted by atomic mass is 9.64. The third-order valence-corrected chi connectivity index (χ3v) is 4.35. The van der Waals surface area contributed by atoms with Crippen LogP contribution in [-0.2, 0) is 5.41 Å². The summed E-state index contributed by atoms with van der Waals surface area (Å²) in [6.07, 6.45) is 2.49. The average molecular weight is 217 g/mol. The Bertz CT molecular complexity index is 382. The van der Waals surface area contributed by atoms with Gasteiger partial charge in [0.2, 0.25) is 0 Å². The van der Waals surface area contributed by atoms with Gasteiger partial charge in [0, 0.05) is 16.9 Å². The van der Waals surface area contributed by atoms with E-state index in [0.29, 0.717) is 11.3 Å². The number of piperidine rings is 1. The van der Waals surface area contributed by atoms with Crippen molar-refractivity contribution in [3.05, 3.63) is 29.8 Å². The molecule has 1 atom stereocenters. The quantitative estimate of drug-likeness (QED) is 0.720. The van der Waals surface area contributed by atoms with Gasteiger partial charge in [-0.05, 0) is 32.0 Å². The number of para-hydroxylation sites is 1. The van der Waals surface area contributed by atoms with Crippen molar-refractivity contribution in [3.63, 3.8) is 0 Å². The lowest BCUT2D eigenvalue weighted by Crippen LogP contribution is -2.48. The van der Waals surface area contributed by atoms with Crippen molar-refractivity contribution in [1.82, 2.24) is 5.32 Å². The molecule has 1 N–H and O–H groups in total. The van der Waals surface area contributed by atoms with Crippen LogP contribution in [0.25, 0.3) is 0 Å². The summed E-state index contributed by atoms with van der Waals surface area (Å²) < 4.78 is 5.84. The van der Waals surface area contributed by atoms with Crippen LogP contribution in [0.1, 0.15) is 25.3 Å². The number of fused-ring (bicyclic) bond motifs is 2. The molecule has 1 unspecified atom stereocenters. The highest BCUT2D eigenvalue weighted by Crippen LogP contribution is 2.47. The summed E-state index contributed by atoms with van der Waals surface area (Å²) in [5.41, 5.74) is 1.80. The number of hydrogen-bond acceptors (Lipinski definition) is 2. The summed E-state index contributed by atoms with van der Waals surface area (Å²) in [6, 6.07) is 8.59. The van der Waals surface area contributed by atoms with Crippen LogP contribution in [0.15, 0.2) is 24.3 Å². The lowest BCUT2D eigenvalue weighted by Gasteiger charge is -2.46. The number of ether oxygens (including phenoxy) is 1. The monoisotopic (exact) mass is 217 g/mol. The van der Waals surface area contributed by atoms with Gasteiger partial charge in [-0.15, -0.1) is 0 Å². The molecular formula is C14H19NO. The van der Waals surface area contributed by atoms with Crippen LogP contribution < -0.4 is 10.1 Å². The molecule has 86 valence electrons. The first-order valence-electron chi connectivity index (χ1n) is 6.26.